The van der Waals surface area contributed by atoms with Crippen LogP contribution in [0.15, 0.2) is 24.3 Å². The first-order valence-electron chi connectivity index (χ1n) is 7.93. The lowest BCUT2D eigenvalue weighted by atomic mass is 10.0. The molecule has 1 rings (SSSR count). The van der Waals surface area contributed by atoms with Gasteiger partial charge in [-0.15, -0.1) is 0 Å². The summed E-state index contributed by atoms with van der Waals surface area (Å²) in [6.07, 6.45) is 6.03. The topological polar surface area (TPSA) is 84.6 Å². The Balaban J connectivity index is 2.35. The molecule has 1 amide bonds. The monoisotopic (exact) mass is 308 g/mol. The quantitative estimate of drug-likeness (QED) is 0.580. The Labute approximate surface area is 132 Å². The molecular formula is C17H28N2O3. The second-order valence-electron chi connectivity index (χ2n) is 5.82. The van der Waals surface area contributed by atoms with Crippen LogP contribution in [0.4, 0.5) is 5.69 Å². The van der Waals surface area contributed by atoms with Gasteiger partial charge in [0.25, 0.3) is 0 Å². The van der Waals surface area contributed by atoms with E-state index in [-0.39, 0.29) is 0 Å². The van der Waals surface area contributed by atoms with E-state index >= 15 is 0 Å². The summed E-state index contributed by atoms with van der Waals surface area (Å²) in [4.78, 5) is 11.8. The first-order valence-corrected chi connectivity index (χ1v) is 7.93. The van der Waals surface area contributed by atoms with Gasteiger partial charge in [0.1, 0.15) is 11.3 Å². The zero-order valence-electron chi connectivity index (χ0n) is 13.6. The average Bonchev–Trinajstić information content (AvgIpc) is 2.52. The Morgan fingerprint density at radius 2 is 1.86 bits per heavy atom. The highest BCUT2D eigenvalue weighted by Crippen LogP contribution is 2.17. The van der Waals surface area contributed by atoms with Crippen LogP contribution in [0.5, 0.6) is 5.75 Å². The lowest BCUT2D eigenvalue weighted by Crippen LogP contribution is -2.51. The molecule has 4 N–H and O–H groups in total. The molecular weight excluding hydrogens is 280 g/mol. The molecule has 0 aliphatic rings. The Bertz CT molecular complexity index is 444. The summed E-state index contributed by atoms with van der Waals surface area (Å²) in [5.41, 5.74) is 5.01. The third-order valence-electron chi connectivity index (χ3n) is 3.48. The standard InChI is InChI=1S/C17H28N2O3/c1-3-4-5-6-7-12-22-15-10-8-14(9-11-15)19-16(21)17(2,18)13-20/h8-11,20H,3-7,12-13,18H2,1-2H3,(H,19,21)/t17-/m0/s1. The van der Waals surface area contributed by atoms with Gasteiger partial charge in [-0.3, -0.25) is 4.79 Å². The summed E-state index contributed by atoms with van der Waals surface area (Å²) >= 11 is 0. The fourth-order valence-electron chi connectivity index (χ4n) is 1.88. The van der Waals surface area contributed by atoms with Gasteiger partial charge >= 0.3 is 0 Å². The number of ether oxygens (including phenoxy) is 1. The zero-order chi connectivity index (χ0) is 16.4. The molecule has 0 spiro atoms. The fraction of sp³-hybridized carbons (Fsp3) is 0.588. The van der Waals surface area contributed by atoms with E-state index in [1.54, 1.807) is 12.1 Å². The van der Waals surface area contributed by atoms with Crippen molar-refractivity contribution < 1.29 is 14.6 Å². The lowest BCUT2D eigenvalue weighted by Gasteiger charge is -2.20. The van der Waals surface area contributed by atoms with Crippen molar-refractivity contribution in [3.05, 3.63) is 24.3 Å². The van der Waals surface area contributed by atoms with E-state index < -0.39 is 18.1 Å². The number of rotatable bonds is 10. The van der Waals surface area contributed by atoms with Gasteiger partial charge in [0, 0.05) is 5.69 Å². The molecule has 1 aromatic carbocycles. The number of hydrogen-bond donors (Lipinski definition) is 3. The predicted molar refractivity (Wildman–Crippen MR) is 89.0 cm³/mol. The lowest BCUT2D eigenvalue weighted by molar-refractivity contribution is -0.121. The number of amides is 1. The van der Waals surface area contributed by atoms with Crippen molar-refractivity contribution in [1.82, 2.24) is 0 Å². The molecule has 0 aliphatic heterocycles. The molecule has 0 radical (unpaired) electrons. The third-order valence-corrected chi connectivity index (χ3v) is 3.48. The summed E-state index contributed by atoms with van der Waals surface area (Å²) in [6, 6.07) is 7.15. The summed E-state index contributed by atoms with van der Waals surface area (Å²) < 4.78 is 5.66. The zero-order valence-corrected chi connectivity index (χ0v) is 13.6. The van der Waals surface area contributed by atoms with Gasteiger partial charge in [-0.25, -0.2) is 0 Å². The Morgan fingerprint density at radius 1 is 1.23 bits per heavy atom. The largest absolute Gasteiger partial charge is 0.494 e. The number of nitrogens with one attached hydrogen (secondary N) is 1. The van der Waals surface area contributed by atoms with E-state index in [1.165, 1.54) is 32.6 Å². The maximum Gasteiger partial charge on any atom is 0.246 e. The van der Waals surface area contributed by atoms with Crippen LogP contribution in [0.2, 0.25) is 0 Å². The van der Waals surface area contributed by atoms with Crippen LogP contribution in [0.1, 0.15) is 46.0 Å². The molecule has 22 heavy (non-hydrogen) atoms. The van der Waals surface area contributed by atoms with Crippen LogP contribution in [-0.4, -0.2) is 29.8 Å². The molecule has 0 unspecified atom stereocenters. The molecule has 0 bridgehead atoms. The van der Waals surface area contributed by atoms with E-state index in [9.17, 15) is 4.79 Å². The Kier molecular flexibility index (Phi) is 7.91. The van der Waals surface area contributed by atoms with Crippen molar-refractivity contribution in [2.24, 2.45) is 5.73 Å². The highest BCUT2D eigenvalue weighted by atomic mass is 16.5. The first-order chi connectivity index (χ1) is 10.5. The Morgan fingerprint density at radius 3 is 2.45 bits per heavy atom. The summed E-state index contributed by atoms with van der Waals surface area (Å²) in [7, 11) is 0. The fourth-order valence-corrected chi connectivity index (χ4v) is 1.88. The smallest absolute Gasteiger partial charge is 0.246 e. The van der Waals surface area contributed by atoms with Crippen LogP contribution >= 0.6 is 0 Å². The number of hydrogen-bond acceptors (Lipinski definition) is 4. The SMILES string of the molecule is CCCCCCCOc1ccc(NC(=O)[C@@](C)(N)CO)cc1. The predicted octanol–water partition coefficient (Wildman–Crippen LogP) is 2.68. The van der Waals surface area contributed by atoms with Crippen molar-refractivity contribution in [3.63, 3.8) is 0 Å². The molecule has 0 heterocycles. The summed E-state index contributed by atoms with van der Waals surface area (Å²) in [5.74, 6) is 0.366. The maximum atomic E-state index is 11.8. The molecule has 0 saturated heterocycles. The normalized spacial score (nSPS) is 13.5. The van der Waals surface area contributed by atoms with E-state index in [0.717, 1.165) is 12.2 Å². The molecule has 124 valence electrons. The van der Waals surface area contributed by atoms with Gasteiger partial charge < -0.3 is 20.9 Å². The first kappa shape index (κ1) is 18.5. The number of aliphatic hydroxyl groups excluding tert-OH is 1. The van der Waals surface area contributed by atoms with E-state index in [0.29, 0.717) is 12.3 Å². The summed E-state index contributed by atoms with van der Waals surface area (Å²) in [6.45, 7) is 3.99. The maximum absolute atomic E-state index is 11.8. The van der Waals surface area contributed by atoms with Crippen molar-refractivity contribution in [2.45, 2.75) is 51.5 Å². The highest BCUT2D eigenvalue weighted by molar-refractivity contribution is 5.97. The van der Waals surface area contributed by atoms with E-state index in [2.05, 4.69) is 12.2 Å². The number of benzene rings is 1. The molecule has 5 nitrogen and oxygen atoms in total. The van der Waals surface area contributed by atoms with Crippen molar-refractivity contribution in [1.29, 1.82) is 0 Å². The molecule has 0 saturated carbocycles. The van der Waals surface area contributed by atoms with Crippen LogP contribution in [0, 0.1) is 0 Å². The van der Waals surface area contributed by atoms with Crippen LogP contribution in [-0.2, 0) is 4.79 Å². The van der Waals surface area contributed by atoms with Crippen molar-refractivity contribution >= 4 is 11.6 Å². The van der Waals surface area contributed by atoms with Gasteiger partial charge in [0.15, 0.2) is 0 Å². The van der Waals surface area contributed by atoms with Gasteiger partial charge in [0.05, 0.1) is 13.2 Å². The average molecular weight is 308 g/mol. The number of nitrogens with two attached hydrogens (primary N) is 1. The minimum Gasteiger partial charge on any atom is -0.494 e. The van der Waals surface area contributed by atoms with Crippen molar-refractivity contribution in [3.8, 4) is 5.75 Å². The van der Waals surface area contributed by atoms with Gasteiger partial charge in [-0.2, -0.15) is 0 Å². The number of aliphatic hydroxyl groups is 1. The summed E-state index contributed by atoms with van der Waals surface area (Å²) in [5, 5.41) is 11.7. The van der Waals surface area contributed by atoms with Crippen LogP contribution < -0.4 is 15.8 Å². The number of carbonyl (C=O) groups is 1. The van der Waals surface area contributed by atoms with Crippen molar-refractivity contribution in [2.75, 3.05) is 18.5 Å². The molecule has 0 aromatic heterocycles. The second kappa shape index (κ2) is 9.43. The number of unbranched alkanes of at least 4 members (excludes halogenated alkanes) is 4. The Hall–Kier alpha value is -1.59. The van der Waals surface area contributed by atoms with Gasteiger partial charge in [-0.1, -0.05) is 32.6 Å². The molecule has 0 fully saturated rings. The molecule has 1 atom stereocenters. The van der Waals surface area contributed by atoms with E-state index in [1.807, 2.05) is 12.1 Å². The van der Waals surface area contributed by atoms with Gasteiger partial charge in [-0.05, 0) is 37.6 Å². The second-order valence-corrected chi connectivity index (χ2v) is 5.82. The van der Waals surface area contributed by atoms with E-state index in [4.69, 9.17) is 15.6 Å². The molecule has 5 heteroatoms. The number of anilines is 1. The molecule has 0 aliphatic carbocycles. The minimum absolute atomic E-state index is 0.405. The van der Waals surface area contributed by atoms with Gasteiger partial charge in [0.2, 0.25) is 5.91 Å². The third kappa shape index (κ3) is 6.45. The van der Waals surface area contributed by atoms with Crippen LogP contribution in [0.25, 0.3) is 0 Å². The minimum atomic E-state index is -1.28. The molecule has 1 aromatic rings. The highest BCUT2D eigenvalue weighted by Gasteiger charge is 2.27. The van der Waals surface area contributed by atoms with Crippen LogP contribution in [0.3, 0.4) is 0 Å². The number of carbonyl (C=O) groups excluding carboxylic acids is 1.